The van der Waals surface area contributed by atoms with E-state index in [-0.39, 0.29) is 19.4 Å². The van der Waals surface area contributed by atoms with Crippen LogP contribution >= 0.6 is 0 Å². The van der Waals surface area contributed by atoms with Crippen LogP contribution < -0.4 is 4.74 Å². The van der Waals surface area contributed by atoms with Crippen molar-refractivity contribution in [3.63, 3.8) is 0 Å². The van der Waals surface area contributed by atoms with Crippen molar-refractivity contribution in [2.45, 2.75) is 50.7 Å². The van der Waals surface area contributed by atoms with Crippen molar-refractivity contribution >= 4 is 0 Å². The first-order valence-electron chi connectivity index (χ1n) is 9.73. The molecule has 0 bridgehead atoms. The van der Waals surface area contributed by atoms with Crippen LogP contribution in [0.4, 0.5) is 8.78 Å². The van der Waals surface area contributed by atoms with Crippen molar-refractivity contribution in [3.8, 4) is 5.75 Å². The van der Waals surface area contributed by atoms with Crippen molar-refractivity contribution in [2.24, 2.45) is 0 Å². The quantitative estimate of drug-likeness (QED) is 0.802. The number of hydrogen-bond acceptors (Lipinski definition) is 4. The van der Waals surface area contributed by atoms with Crippen LogP contribution in [0.2, 0.25) is 0 Å². The maximum absolute atomic E-state index is 13.3. The number of benzene rings is 1. The number of ether oxygens (including phenoxy) is 1. The molecule has 1 aromatic carbocycles. The summed E-state index contributed by atoms with van der Waals surface area (Å²) < 4.78 is 32.5. The second-order valence-corrected chi connectivity index (χ2v) is 7.57. The van der Waals surface area contributed by atoms with Gasteiger partial charge in [-0.2, -0.15) is 0 Å². The van der Waals surface area contributed by atoms with Gasteiger partial charge in [0.05, 0.1) is 0 Å². The highest BCUT2D eigenvalue weighted by atomic mass is 19.3. The Balaban J connectivity index is 1.49. The summed E-state index contributed by atoms with van der Waals surface area (Å²) in [4.78, 5) is 4.33. The summed E-state index contributed by atoms with van der Waals surface area (Å²) in [6.07, 6.45) is 3.00. The highest BCUT2D eigenvalue weighted by Gasteiger charge is 2.34. The zero-order valence-electron chi connectivity index (χ0n) is 15.4. The van der Waals surface area contributed by atoms with Crippen LogP contribution in [0.1, 0.15) is 37.7 Å². The summed E-state index contributed by atoms with van der Waals surface area (Å²) in [7, 11) is 0. The second-order valence-electron chi connectivity index (χ2n) is 7.57. The molecule has 1 N–H and O–H groups in total. The fraction of sp³-hybridized carbons (Fsp3) is 0.700. The average Bonchev–Trinajstić information content (AvgIpc) is 2.63. The van der Waals surface area contributed by atoms with E-state index >= 15 is 0 Å². The van der Waals surface area contributed by atoms with Gasteiger partial charge in [0, 0.05) is 44.6 Å². The van der Waals surface area contributed by atoms with Gasteiger partial charge in [-0.3, -0.25) is 4.90 Å². The molecule has 1 atom stereocenters. The molecule has 1 unspecified atom stereocenters. The SMILES string of the molecule is OC(COc1ccccc1CN1CCC(F)(F)CC1)CN1CCCCC1. The molecule has 2 aliphatic rings. The van der Waals surface area contributed by atoms with Gasteiger partial charge in [-0.1, -0.05) is 24.6 Å². The van der Waals surface area contributed by atoms with E-state index in [2.05, 4.69) is 4.90 Å². The Morgan fingerprint density at radius 3 is 2.42 bits per heavy atom. The lowest BCUT2D eigenvalue weighted by Crippen LogP contribution is -2.39. The fourth-order valence-electron chi connectivity index (χ4n) is 3.73. The third-order valence-corrected chi connectivity index (χ3v) is 5.30. The van der Waals surface area contributed by atoms with Gasteiger partial charge in [-0.25, -0.2) is 8.78 Å². The van der Waals surface area contributed by atoms with Crippen LogP contribution in [0.3, 0.4) is 0 Å². The van der Waals surface area contributed by atoms with E-state index in [1.165, 1.54) is 19.3 Å². The summed E-state index contributed by atoms with van der Waals surface area (Å²) in [5, 5.41) is 10.3. The Morgan fingerprint density at radius 1 is 1.00 bits per heavy atom. The van der Waals surface area contributed by atoms with Crippen LogP contribution in [0.5, 0.6) is 5.75 Å². The van der Waals surface area contributed by atoms with Gasteiger partial charge in [0.15, 0.2) is 0 Å². The summed E-state index contributed by atoms with van der Waals surface area (Å²) >= 11 is 0. The summed E-state index contributed by atoms with van der Waals surface area (Å²) in [5.74, 6) is -1.78. The Bertz CT molecular complexity index is 554. The highest BCUT2D eigenvalue weighted by Crippen LogP contribution is 2.29. The van der Waals surface area contributed by atoms with Crippen LogP contribution in [0.25, 0.3) is 0 Å². The molecule has 2 saturated heterocycles. The molecule has 0 radical (unpaired) electrons. The number of aliphatic hydroxyl groups excluding tert-OH is 1. The van der Waals surface area contributed by atoms with E-state index in [1.54, 1.807) is 0 Å². The highest BCUT2D eigenvalue weighted by molar-refractivity contribution is 5.33. The van der Waals surface area contributed by atoms with Crippen LogP contribution in [-0.4, -0.2) is 66.3 Å². The average molecular weight is 368 g/mol. The zero-order chi connectivity index (χ0) is 18.4. The maximum atomic E-state index is 13.3. The minimum Gasteiger partial charge on any atom is -0.491 e. The molecule has 2 fully saturated rings. The lowest BCUT2D eigenvalue weighted by molar-refractivity contribution is -0.0567. The Hall–Kier alpha value is -1.24. The topological polar surface area (TPSA) is 35.9 Å². The number of aliphatic hydroxyl groups is 1. The van der Waals surface area contributed by atoms with E-state index < -0.39 is 12.0 Å². The van der Waals surface area contributed by atoms with E-state index in [9.17, 15) is 13.9 Å². The van der Waals surface area contributed by atoms with E-state index in [0.29, 0.717) is 26.2 Å². The number of para-hydroxylation sites is 1. The minimum atomic E-state index is -2.52. The molecule has 0 spiro atoms. The molecule has 0 aliphatic carbocycles. The van der Waals surface area contributed by atoms with E-state index in [0.717, 1.165) is 24.4 Å². The normalized spacial score (nSPS) is 22.9. The van der Waals surface area contributed by atoms with Gasteiger partial charge in [0.25, 0.3) is 5.92 Å². The van der Waals surface area contributed by atoms with Gasteiger partial charge >= 0.3 is 0 Å². The molecule has 3 rings (SSSR count). The van der Waals surface area contributed by atoms with Gasteiger partial charge in [-0.05, 0) is 32.0 Å². The fourth-order valence-corrected chi connectivity index (χ4v) is 3.73. The third-order valence-electron chi connectivity index (χ3n) is 5.30. The molecule has 1 aromatic rings. The van der Waals surface area contributed by atoms with Crippen molar-refractivity contribution < 1.29 is 18.6 Å². The van der Waals surface area contributed by atoms with Crippen molar-refractivity contribution in [3.05, 3.63) is 29.8 Å². The number of piperidine rings is 2. The molecular weight excluding hydrogens is 338 g/mol. The molecule has 6 heteroatoms. The zero-order valence-corrected chi connectivity index (χ0v) is 15.4. The van der Waals surface area contributed by atoms with Crippen molar-refractivity contribution in [1.82, 2.24) is 9.80 Å². The van der Waals surface area contributed by atoms with Gasteiger partial charge < -0.3 is 14.7 Å². The number of β-amino-alcohol motifs (C(OH)–C–C–N with tert-alkyl or cyclic N) is 1. The molecule has 2 aliphatic heterocycles. The number of halogens is 2. The Labute approximate surface area is 154 Å². The van der Waals surface area contributed by atoms with Crippen molar-refractivity contribution in [1.29, 1.82) is 0 Å². The number of nitrogens with zero attached hydrogens (tertiary/aromatic N) is 2. The Kier molecular flexibility index (Phi) is 6.84. The van der Waals surface area contributed by atoms with Crippen LogP contribution in [-0.2, 0) is 6.54 Å². The first-order chi connectivity index (χ1) is 12.5. The summed E-state index contributed by atoms with van der Waals surface area (Å²) in [5.41, 5.74) is 0.989. The predicted molar refractivity (Wildman–Crippen MR) is 97.7 cm³/mol. The number of likely N-dealkylation sites (tertiary alicyclic amines) is 2. The second kappa shape index (κ2) is 9.11. The van der Waals surface area contributed by atoms with Crippen LogP contribution in [0.15, 0.2) is 24.3 Å². The standard InChI is InChI=1S/C20H30F2N2O2/c21-20(22)8-12-24(13-9-20)14-17-6-2-3-7-19(17)26-16-18(25)15-23-10-4-1-5-11-23/h2-3,6-7,18,25H,1,4-5,8-16H2. The first kappa shape index (κ1) is 19.5. The monoisotopic (exact) mass is 368 g/mol. The molecule has 0 aromatic heterocycles. The summed E-state index contributed by atoms with van der Waals surface area (Å²) in [6.45, 7) is 4.40. The molecular formula is C20H30F2N2O2. The molecule has 2 heterocycles. The largest absolute Gasteiger partial charge is 0.491 e. The predicted octanol–water partition coefficient (Wildman–Crippen LogP) is 3.14. The molecule has 146 valence electrons. The van der Waals surface area contributed by atoms with Gasteiger partial charge in [-0.15, -0.1) is 0 Å². The number of rotatable bonds is 7. The summed E-state index contributed by atoms with van der Waals surface area (Å²) in [6, 6.07) is 7.70. The molecule has 26 heavy (non-hydrogen) atoms. The van der Waals surface area contributed by atoms with Gasteiger partial charge in [0.1, 0.15) is 18.5 Å². The maximum Gasteiger partial charge on any atom is 0.250 e. The Morgan fingerprint density at radius 2 is 1.69 bits per heavy atom. The smallest absolute Gasteiger partial charge is 0.250 e. The number of hydrogen-bond donors (Lipinski definition) is 1. The molecule has 0 saturated carbocycles. The lowest BCUT2D eigenvalue weighted by atomic mass is 10.1. The third kappa shape index (κ3) is 5.89. The van der Waals surface area contributed by atoms with Crippen LogP contribution in [0, 0.1) is 0 Å². The first-order valence-corrected chi connectivity index (χ1v) is 9.73. The minimum absolute atomic E-state index is 0.0788. The molecule has 4 nitrogen and oxygen atoms in total. The molecule has 0 amide bonds. The van der Waals surface area contributed by atoms with E-state index in [1.807, 2.05) is 29.2 Å². The number of alkyl halides is 2. The lowest BCUT2D eigenvalue weighted by Gasteiger charge is -2.32. The van der Waals surface area contributed by atoms with Crippen molar-refractivity contribution in [2.75, 3.05) is 39.3 Å². The van der Waals surface area contributed by atoms with E-state index in [4.69, 9.17) is 4.74 Å². The van der Waals surface area contributed by atoms with Gasteiger partial charge in [0.2, 0.25) is 0 Å².